The Kier molecular flexibility index (Phi) is 3.10. The number of nitrogens with one attached hydrogen (secondary N) is 1. The molecule has 7 heteroatoms. The van der Waals surface area contributed by atoms with Crippen LogP contribution < -0.4 is 5.32 Å². The molecule has 0 bridgehead atoms. The van der Waals surface area contributed by atoms with Crippen molar-refractivity contribution in [1.82, 2.24) is 14.8 Å². The van der Waals surface area contributed by atoms with Gasteiger partial charge in [-0.15, -0.1) is 0 Å². The van der Waals surface area contributed by atoms with Crippen LogP contribution in [0.2, 0.25) is 0 Å². The fourth-order valence-corrected chi connectivity index (χ4v) is 3.53. The van der Waals surface area contributed by atoms with Crippen LogP contribution in [0.25, 0.3) is 0 Å². The van der Waals surface area contributed by atoms with E-state index in [0.717, 1.165) is 6.07 Å². The second-order valence-electron chi connectivity index (χ2n) is 5.52. The molecular weight excluding hydrogens is 274 g/mol. The molecule has 3 nitrogen and oxygen atoms in total. The van der Waals surface area contributed by atoms with Gasteiger partial charge in [0.1, 0.15) is 11.9 Å². The summed E-state index contributed by atoms with van der Waals surface area (Å²) in [7, 11) is 1.79. The second kappa shape index (κ2) is 4.46. The number of hydrogen-bond acceptors (Lipinski definition) is 2. The lowest BCUT2D eigenvalue weighted by Gasteiger charge is -2.50. The number of halogens is 4. The molecule has 2 aliphatic rings. The van der Waals surface area contributed by atoms with Crippen LogP contribution in [0.5, 0.6) is 0 Å². The summed E-state index contributed by atoms with van der Waals surface area (Å²) in [5, 5.41) is 2.96. The molecule has 1 N–H and O–H groups in total. The molecule has 1 aromatic rings. The summed E-state index contributed by atoms with van der Waals surface area (Å²) in [6.07, 6.45) is -5.13. The Hall–Kier alpha value is -1.08. The lowest BCUT2D eigenvalue weighted by Crippen LogP contribution is -2.62. The van der Waals surface area contributed by atoms with E-state index in [-0.39, 0.29) is 13.1 Å². The van der Waals surface area contributed by atoms with Gasteiger partial charge in [-0.25, -0.2) is 4.39 Å². The number of fused-ring (bicyclic) bond motifs is 2. The lowest BCUT2D eigenvalue weighted by molar-refractivity contribution is -0.145. The fraction of sp³-hybridized carbons (Fsp3) is 0.692. The average Bonchev–Trinajstić information content (AvgIpc) is 2.81. The maximum Gasteiger partial charge on any atom is 0.431 e. The molecule has 0 unspecified atom stereocenters. The van der Waals surface area contributed by atoms with Crippen molar-refractivity contribution in [3.63, 3.8) is 0 Å². The first-order valence-corrected chi connectivity index (χ1v) is 6.70. The number of hydrogen-bond donors (Lipinski definition) is 1. The number of rotatable bonds is 0. The van der Waals surface area contributed by atoms with Gasteiger partial charge < -0.3 is 9.88 Å². The Balaban J connectivity index is 2.13. The van der Waals surface area contributed by atoms with E-state index >= 15 is 0 Å². The van der Waals surface area contributed by atoms with E-state index in [1.165, 1.54) is 10.6 Å². The second-order valence-corrected chi connectivity index (χ2v) is 5.52. The van der Waals surface area contributed by atoms with Gasteiger partial charge in [-0.3, -0.25) is 4.90 Å². The number of nitrogens with zero attached hydrogens (tertiary/aromatic N) is 2. The third-order valence-electron chi connectivity index (χ3n) is 4.58. The summed E-state index contributed by atoms with van der Waals surface area (Å²) in [4.78, 5) is 1.87. The highest BCUT2D eigenvalue weighted by Crippen LogP contribution is 2.43. The molecule has 0 radical (unpaired) electrons. The summed E-state index contributed by atoms with van der Waals surface area (Å²) >= 11 is 0. The van der Waals surface area contributed by atoms with E-state index in [0.29, 0.717) is 25.2 Å². The largest absolute Gasteiger partial charge is 0.431 e. The highest BCUT2D eigenvalue weighted by molar-refractivity contribution is 5.30. The van der Waals surface area contributed by atoms with Crippen LogP contribution in [0.3, 0.4) is 0 Å². The topological polar surface area (TPSA) is 20.2 Å². The highest BCUT2D eigenvalue weighted by Gasteiger charge is 2.51. The van der Waals surface area contributed by atoms with Gasteiger partial charge in [0.15, 0.2) is 0 Å². The molecule has 112 valence electrons. The van der Waals surface area contributed by atoms with Gasteiger partial charge in [-0.05, 0) is 32.1 Å². The highest BCUT2D eigenvalue weighted by atomic mass is 19.4. The standard InChI is InChI=1S/C13H17F4N3/c1-19-6-7-20-10(2-3-11(20)13(15,16)17)12(19)4-5-18-8-9(12)14/h2-3,9,18H,4-8H2,1H3/t9-,12+/m1/s1. The molecule has 1 saturated heterocycles. The van der Waals surface area contributed by atoms with E-state index in [4.69, 9.17) is 0 Å². The van der Waals surface area contributed by atoms with Crippen molar-refractivity contribution >= 4 is 0 Å². The van der Waals surface area contributed by atoms with Gasteiger partial charge in [0.2, 0.25) is 0 Å². The molecule has 1 spiro atoms. The molecule has 0 aromatic carbocycles. The Morgan fingerprint density at radius 3 is 2.70 bits per heavy atom. The molecule has 3 rings (SSSR count). The Morgan fingerprint density at radius 2 is 2.05 bits per heavy atom. The van der Waals surface area contributed by atoms with Gasteiger partial charge in [-0.1, -0.05) is 0 Å². The Morgan fingerprint density at radius 1 is 1.30 bits per heavy atom. The van der Waals surface area contributed by atoms with Crippen LogP contribution in [0.4, 0.5) is 17.6 Å². The van der Waals surface area contributed by atoms with Gasteiger partial charge in [0.25, 0.3) is 0 Å². The van der Waals surface area contributed by atoms with Crippen LogP contribution >= 0.6 is 0 Å². The Bertz CT molecular complexity index is 510. The summed E-state index contributed by atoms with van der Waals surface area (Å²) in [5.41, 5.74) is -1.16. The molecule has 1 fully saturated rings. The first kappa shape index (κ1) is 13.9. The van der Waals surface area contributed by atoms with Crippen molar-refractivity contribution in [2.24, 2.45) is 0 Å². The van der Waals surface area contributed by atoms with Gasteiger partial charge >= 0.3 is 6.18 Å². The smallest absolute Gasteiger partial charge is 0.338 e. The molecule has 0 saturated carbocycles. The summed E-state index contributed by atoms with van der Waals surface area (Å²) in [5.74, 6) is 0. The predicted molar refractivity (Wildman–Crippen MR) is 66.1 cm³/mol. The minimum Gasteiger partial charge on any atom is -0.338 e. The van der Waals surface area contributed by atoms with Crippen LogP contribution in [-0.4, -0.2) is 42.3 Å². The maximum absolute atomic E-state index is 14.6. The van der Waals surface area contributed by atoms with Crippen molar-refractivity contribution < 1.29 is 17.6 Å². The molecule has 3 heterocycles. The van der Waals surface area contributed by atoms with Crippen LogP contribution in [0.15, 0.2) is 12.1 Å². The van der Waals surface area contributed by atoms with Crippen LogP contribution in [-0.2, 0) is 18.3 Å². The van der Waals surface area contributed by atoms with E-state index in [2.05, 4.69) is 5.32 Å². The predicted octanol–water partition coefficient (Wildman–Crippen LogP) is 1.98. The summed E-state index contributed by atoms with van der Waals surface area (Å²) in [6.45, 7) is 1.45. The fourth-order valence-electron chi connectivity index (χ4n) is 3.53. The number of piperidine rings is 1. The van der Waals surface area contributed by atoms with E-state index in [1.807, 2.05) is 4.90 Å². The number of alkyl halides is 4. The summed E-state index contributed by atoms with van der Waals surface area (Å²) in [6, 6.07) is 2.52. The van der Waals surface area contributed by atoms with Crippen molar-refractivity contribution in [3.8, 4) is 0 Å². The van der Waals surface area contributed by atoms with E-state index in [1.54, 1.807) is 7.05 Å². The quantitative estimate of drug-likeness (QED) is 0.738. The minimum absolute atomic E-state index is 0.177. The molecule has 0 amide bonds. The normalized spacial score (nSPS) is 31.6. The molecule has 2 aliphatic heterocycles. The summed E-state index contributed by atoms with van der Waals surface area (Å²) < 4.78 is 54.9. The number of likely N-dealkylation sites (N-methyl/N-ethyl adjacent to an activating group) is 1. The third kappa shape index (κ3) is 1.79. The zero-order valence-corrected chi connectivity index (χ0v) is 11.2. The molecule has 1 aromatic heterocycles. The maximum atomic E-state index is 14.6. The molecule has 20 heavy (non-hydrogen) atoms. The first-order valence-electron chi connectivity index (χ1n) is 6.70. The minimum atomic E-state index is -4.39. The third-order valence-corrected chi connectivity index (χ3v) is 4.58. The van der Waals surface area contributed by atoms with Crippen molar-refractivity contribution in [1.29, 1.82) is 0 Å². The van der Waals surface area contributed by atoms with Crippen LogP contribution in [0, 0.1) is 0 Å². The monoisotopic (exact) mass is 291 g/mol. The van der Waals surface area contributed by atoms with Gasteiger partial charge in [0.05, 0.1) is 5.54 Å². The zero-order chi connectivity index (χ0) is 14.5. The zero-order valence-electron chi connectivity index (χ0n) is 11.2. The van der Waals surface area contributed by atoms with E-state index < -0.39 is 23.6 Å². The molecular formula is C13H17F4N3. The molecule has 0 aliphatic carbocycles. The van der Waals surface area contributed by atoms with Gasteiger partial charge in [-0.2, -0.15) is 13.2 Å². The lowest BCUT2D eigenvalue weighted by atomic mass is 9.80. The van der Waals surface area contributed by atoms with Crippen LogP contribution in [0.1, 0.15) is 17.8 Å². The van der Waals surface area contributed by atoms with Crippen molar-refractivity contribution in [3.05, 3.63) is 23.5 Å². The Labute approximate surface area is 114 Å². The first-order chi connectivity index (χ1) is 9.37. The van der Waals surface area contributed by atoms with Crippen molar-refractivity contribution in [2.75, 3.05) is 26.7 Å². The number of aromatic nitrogens is 1. The van der Waals surface area contributed by atoms with Gasteiger partial charge in [0, 0.05) is 25.3 Å². The van der Waals surface area contributed by atoms with Crippen molar-refractivity contribution in [2.45, 2.75) is 30.9 Å². The van der Waals surface area contributed by atoms with E-state index in [9.17, 15) is 17.6 Å². The average molecular weight is 291 g/mol. The molecule has 2 atom stereocenters. The SMILES string of the molecule is CN1CCn2c(C(F)(F)F)ccc2[C@@]12CCNC[C@H]2F.